The van der Waals surface area contributed by atoms with Gasteiger partial charge in [-0.3, -0.25) is 9.29 Å². The number of hydrogen-bond donors (Lipinski definition) is 2. The second-order valence-corrected chi connectivity index (χ2v) is 5.40. The second-order valence-electron chi connectivity index (χ2n) is 4.48. The van der Waals surface area contributed by atoms with Gasteiger partial charge >= 0.3 is 0 Å². The molecule has 6 heteroatoms. The van der Waals surface area contributed by atoms with Crippen LogP contribution in [0.2, 0.25) is 0 Å². The molecule has 0 amide bonds. The lowest BCUT2D eigenvalue weighted by atomic mass is 10.0. The molecule has 1 aromatic rings. The molecular formula is C13H19BrClFN2O. The molecule has 3 nitrogen and oxygen atoms in total. The average Bonchev–Trinajstić information content (AvgIpc) is 2.40. The highest BCUT2D eigenvalue weighted by atomic mass is 79.9. The zero-order valence-electron chi connectivity index (χ0n) is 10.6. The summed E-state index contributed by atoms with van der Waals surface area (Å²) in [6, 6.07) is 5.29. The molecule has 0 spiro atoms. The quantitative estimate of drug-likeness (QED) is 0.874. The van der Waals surface area contributed by atoms with Crippen molar-refractivity contribution in [3.8, 4) is 5.75 Å². The number of rotatable bonds is 4. The predicted octanol–water partition coefficient (Wildman–Crippen LogP) is 2.88. The molecule has 1 fully saturated rings. The van der Waals surface area contributed by atoms with Gasteiger partial charge in [0.1, 0.15) is 5.75 Å². The van der Waals surface area contributed by atoms with E-state index in [1.165, 1.54) is 0 Å². The number of phenols is 1. The Labute approximate surface area is 127 Å². The number of nitrogens with zero attached hydrogens (tertiary/aromatic N) is 1. The summed E-state index contributed by atoms with van der Waals surface area (Å²) in [4.78, 5) is 2.23. The van der Waals surface area contributed by atoms with Gasteiger partial charge in [-0.25, -0.2) is 0 Å². The third kappa shape index (κ3) is 4.31. The molecule has 0 radical (unpaired) electrons. The zero-order valence-corrected chi connectivity index (χ0v) is 13.0. The maximum atomic E-state index is 12.8. The Kier molecular flexibility index (Phi) is 7.07. The van der Waals surface area contributed by atoms with Gasteiger partial charge in [0.25, 0.3) is 0 Å². The van der Waals surface area contributed by atoms with Gasteiger partial charge in [-0.1, -0.05) is 15.9 Å². The minimum atomic E-state index is -0.374. The number of piperazine rings is 1. The van der Waals surface area contributed by atoms with Crippen molar-refractivity contribution in [3.63, 3.8) is 0 Å². The van der Waals surface area contributed by atoms with E-state index in [1.54, 1.807) is 12.1 Å². The third-order valence-electron chi connectivity index (χ3n) is 3.32. The molecule has 0 aliphatic carbocycles. The summed E-state index contributed by atoms with van der Waals surface area (Å²) in [5, 5.41) is 13.3. The molecule has 0 saturated carbocycles. The monoisotopic (exact) mass is 352 g/mol. The smallest absolute Gasteiger partial charge is 0.120 e. The SMILES string of the molecule is Cl.Oc1ccc(Br)cc1[C@@H](CCF)N1CCNCC1. The Morgan fingerprint density at radius 3 is 2.68 bits per heavy atom. The van der Waals surface area contributed by atoms with Gasteiger partial charge in [-0.15, -0.1) is 12.4 Å². The molecule has 2 N–H and O–H groups in total. The van der Waals surface area contributed by atoms with Crippen molar-refractivity contribution in [2.45, 2.75) is 12.5 Å². The van der Waals surface area contributed by atoms with Gasteiger partial charge < -0.3 is 10.4 Å². The van der Waals surface area contributed by atoms with E-state index < -0.39 is 0 Å². The van der Waals surface area contributed by atoms with Gasteiger partial charge in [0, 0.05) is 42.3 Å². The maximum absolute atomic E-state index is 12.8. The molecule has 0 aromatic heterocycles. The van der Waals surface area contributed by atoms with Crippen molar-refractivity contribution in [1.29, 1.82) is 0 Å². The Morgan fingerprint density at radius 2 is 2.05 bits per heavy atom. The number of phenolic OH excluding ortho intramolecular Hbond substituents is 1. The van der Waals surface area contributed by atoms with Crippen molar-refractivity contribution in [1.82, 2.24) is 10.2 Å². The number of alkyl halides is 1. The Hall–Kier alpha value is -0.360. The summed E-state index contributed by atoms with van der Waals surface area (Å²) >= 11 is 3.40. The number of hydrogen-bond acceptors (Lipinski definition) is 3. The molecular weight excluding hydrogens is 335 g/mol. The fourth-order valence-corrected chi connectivity index (χ4v) is 2.80. The topological polar surface area (TPSA) is 35.5 Å². The van der Waals surface area contributed by atoms with Gasteiger partial charge in [0.15, 0.2) is 0 Å². The summed E-state index contributed by atoms with van der Waals surface area (Å²) in [5.41, 5.74) is 0.809. The van der Waals surface area contributed by atoms with Gasteiger partial charge in [-0.05, 0) is 24.6 Å². The highest BCUT2D eigenvalue weighted by molar-refractivity contribution is 9.10. The number of nitrogens with one attached hydrogen (secondary N) is 1. The van der Waals surface area contributed by atoms with Gasteiger partial charge in [-0.2, -0.15) is 0 Å². The van der Waals surface area contributed by atoms with E-state index in [4.69, 9.17) is 0 Å². The second kappa shape index (κ2) is 8.04. The predicted molar refractivity (Wildman–Crippen MR) is 80.8 cm³/mol. The summed E-state index contributed by atoms with van der Waals surface area (Å²) in [5.74, 6) is 0.246. The molecule has 19 heavy (non-hydrogen) atoms. The molecule has 0 bridgehead atoms. The van der Waals surface area contributed by atoms with Gasteiger partial charge in [0.05, 0.1) is 6.67 Å². The van der Waals surface area contributed by atoms with Crippen LogP contribution in [0.3, 0.4) is 0 Å². The lowest BCUT2D eigenvalue weighted by molar-refractivity contribution is 0.155. The van der Waals surface area contributed by atoms with Crippen molar-refractivity contribution in [2.24, 2.45) is 0 Å². The van der Waals surface area contributed by atoms with Crippen LogP contribution in [-0.2, 0) is 0 Å². The highest BCUT2D eigenvalue weighted by Gasteiger charge is 2.24. The molecule has 0 unspecified atom stereocenters. The summed E-state index contributed by atoms with van der Waals surface area (Å²) in [6.45, 7) is 3.23. The van der Waals surface area contributed by atoms with Crippen molar-refractivity contribution in [3.05, 3.63) is 28.2 Å². The largest absolute Gasteiger partial charge is 0.508 e. The number of halogens is 3. The highest BCUT2D eigenvalue weighted by Crippen LogP contribution is 2.33. The first-order valence-electron chi connectivity index (χ1n) is 6.21. The molecule has 1 aliphatic rings. The van der Waals surface area contributed by atoms with Gasteiger partial charge in [0.2, 0.25) is 0 Å². The Morgan fingerprint density at radius 1 is 1.37 bits per heavy atom. The van der Waals surface area contributed by atoms with E-state index in [9.17, 15) is 9.50 Å². The molecule has 1 atom stereocenters. The average molecular weight is 354 g/mol. The van der Waals surface area contributed by atoms with Crippen LogP contribution in [0.1, 0.15) is 18.0 Å². The van der Waals surface area contributed by atoms with Crippen LogP contribution >= 0.6 is 28.3 Å². The Bertz CT molecular complexity index is 402. The van der Waals surface area contributed by atoms with E-state index in [0.717, 1.165) is 36.2 Å². The fourth-order valence-electron chi connectivity index (χ4n) is 2.42. The summed E-state index contributed by atoms with van der Waals surface area (Å²) < 4.78 is 13.7. The van der Waals surface area contributed by atoms with E-state index in [2.05, 4.69) is 26.1 Å². The van der Waals surface area contributed by atoms with Crippen LogP contribution in [-0.4, -0.2) is 42.9 Å². The summed E-state index contributed by atoms with van der Waals surface area (Å²) in [7, 11) is 0. The first-order valence-corrected chi connectivity index (χ1v) is 7.01. The van der Waals surface area contributed by atoms with E-state index in [-0.39, 0.29) is 30.9 Å². The van der Waals surface area contributed by atoms with Crippen LogP contribution in [0.15, 0.2) is 22.7 Å². The minimum Gasteiger partial charge on any atom is -0.508 e. The van der Waals surface area contributed by atoms with Crippen molar-refractivity contribution in [2.75, 3.05) is 32.9 Å². The van der Waals surface area contributed by atoms with E-state index in [0.29, 0.717) is 6.42 Å². The zero-order chi connectivity index (χ0) is 13.0. The van der Waals surface area contributed by atoms with Crippen LogP contribution < -0.4 is 5.32 Å². The van der Waals surface area contributed by atoms with Crippen LogP contribution in [0, 0.1) is 0 Å². The number of aromatic hydroxyl groups is 1. The molecule has 1 aromatic carbocycles. The third-order valence-corrected chi connectivity index (χ3v) is 3.82. The lowest BCUT2D eigenvalue weighted by Gasteiger charge is -2.35. The van der Waals surface area contributed by atoms with Crippen molar-refractivity contribution >= 4 is 28.3 Å². The molecule has 1 aliphatic heterocycles. The summed E-state index contributed by atoms with van der Waals surface area (Å²) in [6.07, 6.45) is 0.421. The van der Waals surface area contributed by atoms with E-state index >= 15 is 0 Å². The maximum Gasteiger partial charge on any atom is 0.120 e. The first-order chi connectivity index (χ1) is 8.72. The molecule has 2 rings (SSSR count). The fraction of sp³-hybridized carbons (Fsp3) is 0.538. The number of benzene rings is 1. The van der Waals surface area contributed by atoms with Crippen LogP contribution in [0.5, 0.6) is 5.75 Å². The lowest BCUT2D eigenvalue weighted by Crippen LogP contribution is -2.45. The van der Waals surface area contributed by atoms with Crippen LogP contribution in [0.25, 0.3) is 0 Å². The molecule has 1 heterocycles. The first kappa shape index (κ1) is 16.7. The molecule has 1 saturated heterocycles. The van der Waals surface area contributed by atoms with Crippen molar-refractivity contribution < 1.29 is 9.50 Å². The standard InChI is InChI=1S/C13H18BrFN2O.ClH/c14-10-1-2-13(18)11(9-10)12(3-4-15)17-7-5-16-6-8-17;/h1-2,9,12,16,18H,3-8H2;1H/t12-;/m1./s1. The van der Waals surface area contributed by atoms with Crippen LogP contribution in [0.4, 0.5) is 4.39 Å². The van der Waals surface area contributed by atoms with E-state index in [1.807, 2.05) is 6.07 Å². The minimum absolute atomic E-state index is 0. The normalized spacial score (nSPS) is 17.8. The Balaban J connectivity index is 0.00000180. The molecule has 108 valence electrons.